The summed E-state index contributed by atoms with van der Waals surface area (Å²) in [5.74, 6) is 0.0263. The molecule has 26 heavy (non-hydrogen) atoms. The molecule has 0 radical (unpaired) electrons. The Balaban J connectivity index is 1.63. The number of nitrogens with zero attached hydrogens (tertiary/aromatic N) is 1. The molecule has 3 amide bonds. The number of aryl methyl sites for hydroxylation is 3. The number of carbonyl (C=O) groups is 2. The zero-order valence-corrected chi connectivity index (χ0v) is 16.7. The summed E-state index contributed by atoms with van der Waals surface area (Å²) >= 11 is 3.41. The van der Waals surface area contributed by atoms with Crippen LogP contribution in [0.3, 0.4) is 0 Å². The predicted octanol–water partition coefficient (Wildman–Crippen LogP) is 4.30. The van der Waals surface area contributed by atoms with Crippen LogP contribution < -0.4 is 15.5 Å². The van der Waals surface area contributed by atoms with E-state index in [9.17, 15) is 9.59 Å². The van der Waals surface area contributed by atoms with Crippen molar-refractivity contribution in [1.29, 1.82) is 0 Å². The van der Waals surface area contributed by atoms with Gasteiger partial charge in [0.15, 0.2) is 0 Å². The summed E-state index contributed by atoms with van der Waals surface area (Å²) in [7, 11) is 0. The van der Waals surface area contributed by atoms with Crippen molar-refractivity contribution in [3.63, 3.8) is 0 Å². The van der Waals surface area contributed by atoms with Crippen LogP contribution in [0.15, 0.2) is 40.9 Å². The molecule has 1 unspecified atom stereocenters. The summed E-state index contributed by atoms with van der Waals surface area (Å²) in [6, 6.07) is 11.1. The van der Waals surface area contributed by atoms with Crippen LogP contribution in [0.25, 0.3) is 0 Å². The first-order valence-corrected chi connectivity index (χ1v) is 9.34. The fourth-order valence-electron chi connectivity index (χ4n) is 3.06. The molecule has 1 atom stereocenters. The second-order valence-electron chi connectivity index (χ2n) is 6.73. The number of halogens is 1. The highest BCUT2D eigenvalue weighted by molar-refractivity contribution is 9.10. The van der Waals surface area contributed by atoms with E-state index in [1.807, 2.05) is 57.2 Å². The molecule has 0 bridgehead atoms. The molecular formula is C20H22BrN3O2. The molecule has 2 aromatic rings. The van der Waals surface area contributed by atoms with Crippen LogP contribution in [-0.4, -0.2) is 24.5 Å². The molecular weight excluding hydrogens is 394 g/mol. The van der Waals surface area contributed by atoms with Gasteiger partial charge in [-0.15, -0.1) is 0 Å². The minimum Gasteiger partial charge on any atom is -0.333 e. The number of hydrogen-bond acceptors (Lipinski definition) is 2. The Morgan fingerprint density at radius 2 is 1.85 bits per heavy atom. The Bertz CT molecular complexity index is 866. The molecule has 3 rings (SSSR count). The second kappa shape index (κ2) is 7.50. The highest BCUT2D eigenvalue weighted by Gasteiger charge is 2.31. The maximum absolute atomic E-state index is 12.4. The molecule has 1 aliphatic heterocycles. The zero-order valence-electron chi connectivity index (χ0n) is 15.1. The smallest absolute Gasteiger partial charge is 0.319 e. The minimum atomic E-state index is -0.296. The molecule has 0 aromatic heterocycles. The van der Waals surface area contributed by atoms with Crippen molar-refractivity contribution in [1.82, 2.24) is 5.32 Å². The van der Waals surface area contributed by atoms with Gasteiger partial charge < -0.3 is 15.5 Å². The Labute approximate surface area is 161 Å². The van der Waals surface area contributed by atoms with Gasteiger partial charge in [-0.3, -0.25) is 4.79 Å². The minimum absolute atomic E-state index is 0.0263. The van der Waals surface area contributed by atoms with Gasteiger partial charge in [0.25, 0.3) is 0 Å². The van der Waals surface area contributed by atoms with E-state index in [0.717, 1.165) is 27.0 Å². The lowest BCUT2D eigenvalue weighted by Crippen LogP contribution is -2.39. The van der Waals surface area contributed by atoms with Gasteiger partial charge >= 0.3 is 6.03 Å². The lowest BCUT2D eigenvalue weighted by molar-refractivity contribution is -0.117. The van der Waals surface area contributed by atoms with E-state index >= 15 is 0 Å². The normalized spacial score (nSPS) is 16.7. The maximum atomic E-state index is 12.4. The molecule has 1 fully saturated rings. The van der Waals surface area contributed by atoms with Gasteiger partial charge in [-0.05, 0) is 67.8 Å². The predicted molar refractivity (Wildman–Crippen MR) is 108 cm³/mol. The molecule has 0 aliphatic carbocycles. The molecule has 1 saturated heterocycles. The van der Waals surface area contributed by atoms with Crippen molar-refractivity contribution >= 4 is 39.2 Å². The highest BCUT2D eigenvalue weighted by atomic mass is 79.9. The second-order valence-corrected chi connectivity index (χ2v) is 7.65. The van der Waals surface area contributed by atoms with E-state index in [2.05, 4.69) is 26.6 Å². The molecule has 1 aliphatic rings. The molecule has 0 spiro atoms. The molecule has 0 saturated carbocycles. The molecule has 1 heterocycles. The Morgan fingerprint density at radius 3 is 2.54 bits per heavy atom. The average molecular weight is 416 g/mol. The van der Waals surface area contributed by atoms with Crippen LogP contribution in [0.5, 0.6) is 0 Å². The third kappa shape index (κ3) is 4.07. The van der Waals surface area contributed by atoms with Crippen molar-refractivity contribution in [3.05, 3.63) is 57.6 Å². The van der Waals surface area contributed by atoms with Gasteiger partial charge in [0.05, 0.1) is 6.04 Å². The van der Waals surface area contributed by atoms with Gasteiger partial charge in [-0.1, -0.05) is 22.0 Å². The maximum Gasteiger partial charge on any atom is 0.319 e. The van der Waals surface area contributed by atoms with Gasteiger partial charge in [-0.2, -0.15) is 0 Å². The first-order chi connectivity index (χ1) is 12.3. The van der Waals surface area contributed by atoms with Crippen molar-refractivity contribution in [2.45, 2.75) is 33.2 Å². The lowest BCUT2D eigenvalue weighted by atomic mass is 10.1. The summed E-state index contributed by atoms with van der Waals surface area (Å²) in [6.45, 7) is 6.49. The van der Waals surface area contributed by atoms with Gasteiger partial charge in [-0.25, -0.2) is 4.79 Å². The molecule has 136 valence electrons. The van der Waals surface area contributed by atoms with Gasteiger partial charge in [0.2, 0.25) is 5.91 Å². The highest BCUT2D eigenvalue weighted by Crippen LogP contribution is 2.24. The van der Waals surface area contributed by atoms with Crippen LogP contribution in [0.2, 0.25) is 0 Å². The summed E-state index contributed by atoms with van der Waals surface area (Å²) in [4.78, 5) is 26.4. The summed E-state index contributed by atoms with van der Waals surface area (Å²) < 4.78 is 0.964. The SMILES string of the molecule is Cc1ccc(N2CC(NC(=O)Nc3ccc(Br)cc3C)CC2=O)cc1C. The van der Waals surface area contributed by atoms with Crippen LogP contribution in [0.1, 0.15) is 23.1 Å². The van der Waals surface area contributed by atoms with Gasteiger partial charge in [0, 0.05) is 28.8 Å². The Morgan fingerprint density at radius 1 is 1.08 bits per heavy atom. The van der Waals surface area contributed by atoms with Crippen molar-refractivity contribution in [3.8, 4) is 0 Å². The van der Waals surface area contributed by atoms with E-state index < -0.39 is 0 Å². The Hall–Kier alpha value is -2.34. The Kier molecular flexibility index (Phi) is 5.32. The topological polar surface area (TPSA) is 61.4 Å². The molecule has 5 nitrogen and oxygen atoms in total. The van der Waals surface area contributed by atoms with Crippen LogP contribution in [0, 0.1) is 20.8 Å². The number of amides is 3. The molecule has 2 N–H and O–H groups in total. The number of nitrogens with one attached hydrogen (secondary N) is 2. The first-order valence-electron chi connectivity index (χ1n) is 8.55. The zero-order chi connectivity index (χ0) is 18.8. The number of hydrogen-bond donors (Lipinski definition) is 2. The standard InChI is InChI=1S/C20H22BrN3O2/c1-12-4-6-17(9-13(12)2)24-11-16(10-19(24)25)22-20(26)23-18-7-5-15(21)8-14(18)3/h4-9,16H,10-11H2,1-3H3,(H2,22,23,26). The van der Waals surface area contributed by atoms with Crippen molar-refractivity contribution in [2.75, 3.05) is 16.8 Å². The third-order valence-corrected chi connectivity index (χ3v) is 5.19. The van der Waals surface area contributed by atoms with Crippen LogP contribution in [-0.2, 0) is 4.79 Å². The molecule has 6 heteroatoms. The number of rotatable bonds is 3. The number of anilines is 2. The average Bonchev–Trinajstić information content (AvgIpc) is 2.93. The quantitative estimate of drug-likeness (QED) is 0.784. The molecule has 2 aromatic carbocycles. The van der Waals surface area contributed by atoms with E-state index in [-0.39, 0.29) is 18.0 Å². The summed E-state index contributed by atoms with van der Waals surface area (Å²) in [5.41, 5.74) is 4.94. The largest absolute Gasteiger partial charge is 0.333 e. The van der Waals surface area contributed by atoms with E-state index in [0.29, 0.717) is 13.0 Å². The van der Waals surface area contributed by atoms with Gasteiger partial charge in [0.1, 0.15) is 0 Å². The van der Waals surface area contributed by atoms with E-state index in [4.69, 9.17) is 0 Å². The monoisotopic (exact) mass is 415 g/mol. The van der Waals surface area contributed by atoms with E-state index in [1.165, 1.54) is 5.56 Å². The lowest BCUT2D eigenvalue weighted by Gasteiger charge is -2.19. The summed E-state index contributed by atoms with van der Waals surface area (Å²) in [6.07, 6.45) is 0.305. The van der Waals surface area contributed by atoms with Crippen LogP contribution in [0.4, 0.5) is 16.2 Å². The fourth-order valence-corrected chi connectivity index (χ4v) is 3.53. The van der Waals surface area contributed by atoms with E-state index in [1.54, 1.807) is 4.90 Å². The number of urea groups is 1. The summed E-state index contributed by atoms with van der Waals surface area (Å²) in [5, 5.41) is 5.75. The van der Waals surface area contributed by atoms with Crippen molar-refractivity contribution < 1.29 is 9.59 Å². The van der Waals surface area contributed by atoms with Crippen molar-refractivity contribution in [2.24, 2.45) is 0 Å². The third-order valence-electron chi connectivity index (χ3n) is 4.70. The number of benzene rings is 2. The fraction of sp³-hybridized carbons (Fsp3) is 0.300. The number of carbonyl (C=O) groups excluding carboxylic acids is 2. The first kappa shape index (κ1) is 18.5. The van der Waals surface area contributed by atoms with Crippen LogP contribution >= 0.6 is 15.9 Å².